The summed E-state index contributed by atoms with van der Waals surface area (Å²) in [5, 5.41) is 0. The van der Waals surface area contributed by atoms with Crippen molar-refractivity contribution in [1.82, 2.24) is 0 Å². The molecule has 1 rings (SSSR count). The maximum atomic E-state index is 5.72. The van der Waals surface area contributed by atoms with Gasteiger partial charge in [0, 0.05) is 0 Å². The summed E-state index contributed by atoms with van der Waals surface area (Å²) in [6.45, 7) is 7.59. The maximum Gasteiger partial charge on any atom is 0.119 e. The Kier molecular flexibility index (Phi) is 6.16. The molecular weight excluding hydrogens is 224 g/mol. The lowest BCUT2D eigenvalue weighted by molar-refractivity contribution is 0.242. The van der Waals surface area contributed by atoms with Crippen molar-refractivity contribution in [2.75, 3.05) is 13.1 Å². The molecule has 0 fully saturated rings. The zero-order chi connectivity index (χ0) is 13.5. The molecule has 4 N–H and O–H groups in total. The molecule has 102 valence electrons. The van der Waals surface area contributed by atoms with Crippen LogP contribution in [0.1, 0.15) is 26.3 Å². The molecular formula is C15H26N2O. The minimum atomic E-state index is 0.216. The first-order chi connectivity index (χ1) is 8.56. The highest BCUT2D eigenvalue weighted by atomic mass is 16.5. The van der Waals surface area contributed by atoms with Crippen LogP contribution in [0.2, 0.25) is 0 Å². The second kappa shape index (κ2) is 7.39. The van der Waals surface area contributed by atoms with Crippen LogP contribution in [0.5, 0.6) is 5.75 Å². The Morgan fingerprint density at radius 1 is 1.00 bits per heavy atom. The Labute approximate surface area is 111 Å². The monoisotopic (exact) mass is 250 g/mol. The molecule has 0 radical (unpaired) electrons. The molecule has 18 heavy (non-hydrogen) atoms. The zero-order valence-electron chi connectivity index (χ0n) is 11.7. The quantitative estimate of drug-likeness (QED) is 0.779. The number of benzene rings is 1. The van der Waals surface area contributed by atoms with E-state index >= 15 is 0 Å². The van der Waals surface area contributed by atoms with Crippen molar-refractivity contribution >= 4 is 0 Å². The molecule has 1 atom stereocenters. The van der Waals surface area contributed by atoms with Crippen molar-refractivity contribution in [3.8, 4) is 5.75 Å². The largest absolute Gasteiger partial charge is 0.491 e. The summed E-state index contributed by atoms with van der Waals surface area (Å²) < 4.78 is 5.62. The Hall–Kier alpha value is -1.06. The first-order valence-corrected chi connectivity index (χ1v) is 6.72. The molecule has 0 amide bonds. The predicted molar refractivity (Wildman–Crippen MR) is 76.7 cm³/mol. The highest BCUT2D eigenvalue weighted by Gasteiger charge is 2.14. The van der Waals surface area contributed by atoms with E-state index in [2.05, 4.69) is 19.1 Å². The fourth-order valence-electron chi connectivity index (χ4n) is 2.08. The van der Waals surface area contributed by atoms with Gasteiger partial charge in [0.2, 0.25) is 0 Å². The third kappa shape index (κ3) is 4.67. The number of rotatable bonds is 7. The molecule has 0 saturated carbocycles. The Bertz CT molecular complexity index is 331. The van der Waals surface area contributed by atoms with E-state index in [0.717, 1.165) is 12.2 Å². The summed E-state index contributed by atoms with van der Waals surface area (Å²) in [4.78, 5) is 0. The number of hydrogen-bond acceptors (Lipinski definition) is 3. The molecule has 1 aromatic carbocycles. The van der Waals surface area contributed by atoms with Crippen molar-refractivity contribution in [2.24, 2.45) is 23.3 Å². The lowest BCUT2D eigenvalue weighted by atomic mass is 9.88. The molecule has 0 aliphatic rings. The van der Waals surface area contributed by atoms with Crippen molar-refractivity contribution in [1.29, 1.82) is 0 Å². The topological polar surface area (TPSA) is 61.3 Å². The fraction of sp³-hybridized carbons (Fsp3) is 0.600. The van der Waals surface area contributed by atoms with E-state index in [1.54, 1.807) is 0 Å². The smallest absolute Gasteiger partial charge is 0.119 e. The molecule has 1 unspecified atom stereocenters. The van der Waals surface area contributed by atoms with Crippen LogP contribution in [-0.2, 0) is 6.42 Å². The van der Waals surface area contributed by atoms with Crippen LogP contribution in [0.3, 0.4) is 0 Å². The van der Waals surface area contributed by atoms with E-state index in [1.807, 2.05) is 26.0 Å². The summed E-state index contributed by atoms with van der Waals surface area (Å²) >= 11 is 0. The van der Waals surface area contributed by atoms with Gasteiger partial charge in [0.1, 0.15) is 5.75 Å². The standard InChI is InChI=1S/C15H26N2O/c1-11(2)18-15-6-4-13(5-7-15)8-12(3)14(9-16)10-17/h4-7,11-12,14H,8-10,16-17H2,1-3H3. The van der Waals surface area contributed by atoms with Gasteiger partial charge in [0.15, 0.2) is 0 Å². The summed E-state index contributed by atoms with van der Waals surface area (Å²) in [6, 6.07) is 8.31. The van der Waals surface area contributed by atoms with Crippen LogP contribution in [0.15, 0.2) is 24.3 Å². The normalized spacial score (nSPS) is 13.1. The fourth-order valence-corrected chi connectivity index (χ4v) is 2.08. The van der Waals surface area contributed by atoms with Crippen molar-refractivity contribution < 1.29 is 4.74 Å². The zero-order valence-corrected chi connectivity index (χ0v) is 11.7. The van der Waals surface area contributed by atoms with Gasteiger partial charge in [0.25, 0.3) is 0 Å². The van der Waals surface area contributed by atoms with Gasteiger partial charge >= 0.3 is 0 Å². The van der Waals surface area contributed by atoms with Crippen LogP contribution in [0.25, 0.3) is 0 Å². The van der Waals surface area contributed by atoms with Gasteiger partial charge in [-0.15, -0.1) is 0 Å². The molecule has 0 spiro atoms. The van der Waals surface area contributed by atoms with Gasteiger partial charge in [-0.05, 0) is 62.9 Å². The van der Waals surface area contributed by atoms with Crippen molar-refractivity contribution in [3.63, 3.8) is 0 Å². The average molecular weight is 250 g/mol. The molecule has 0 aromatic heterocycles. The molecule has 3 nitrogen and oxygen atoms in total. The SMILES string of the molecule is CC(C)Oc1ccc(CC(C)C(CN)CN)cc1. The summed E-state index contributed by atoms with van der Waals surface area (Å²) in [5.41, 5.74) is 12.7. The molecule has 0 heterocycles. The van der Waals surface area contributed by atoms with Crippen molar-refractivity contribution in [2.45, 2.75) is 33.3 Å². The lowest BCUT2D eigenvalue weighted by Crippen LogP contribution is -2.30. The van der Waals surface area contributed by atoms with Gasteiger partial charge in [-0.2, -0.15) is 0 Å². The van der Waals surface area contributed by atoms with E-state index in [1.165, 1.54) is 5.56 Å². The Morgan fingerprint density at radius 3 is 2.00 bits per heavy atom. The minimum Gasteiger partial charge on any atom is -0.491 e. The third-order valence-corrected chi connectivity index (χ3v) is 3.26. The van der Waals surface area contributed by atoms with Crippen molar-refractivity contribution in [3.05, 3.63) is 29.8 Å². The Morgan fingerprint density at radius 2 is 1.56 bits per heavy atom. The van der Waals surface area contributed by atoms with E-state index in [0.29, 0.717) is 24.9 Å². The molecule has 1 aromatic rings. The first kappa shape index (κ1) is 15.0. The minimum absolute atomic E-state index is 0.216. The molecule has 0 saturated heterocycles. The van der Waals surface area contributed by atoms with Gasteiger partial charge in [-0.25, -0.2) is 0 Å². The third-order valence-electron chi connectivity index (χ3n) is 3.26. The highest BCUT2D eigenvalue weighted by molar-refractivity contribution is 5.27. The molecule has 0 aliphatic carbocycles. The second-order valence-corrected chi connectivity index (χ2v) is 5.22. The van der Waals surface area contributed by atoms with Crippen LogP contribution >= 0.6 is 0 Å². The van der Waals surface area contributed by atoms with E-state index < -0.39 is 0 Å². The van der Waals surface area contributed by atoms with Crippen LogP contribution in [-0.4, -0.2) is 19.2 Å². The highest BCUT2D eigenvalue weighted by Crippen LogP contribution is 2.19. The van der Waals surface area contributed by atoms with Crippen LogP contribution < -0.4 is 16.2 Å². The molecule has 0 bridgehead atoms. The first-order valence-electron chi connectivity index (χ1n) is 6.72. The van der Waals surface area contributed by atoms with Gasteiger partial charge < -0.3 is 16.2 Å². The van der Waals surface area contributed by atoms with E-state index in [-0.39, 0.29) is 6.10 Å². The average Bonchev–Trinajstić information content (AvgIpc) is 2.32. The predicted octanol–water partition coefficient (Wildman–Crippen LogP) is 2.19. The van der Waals surface area contributed by atoms with Gasteiger partial charge in [0.05, 0.1) is 6.10 Å². The van der Waals surface area contributed by atoms with E-state index in [4.69, 9.17) is 16.2 Å². The summed E-state index contributed by atoms with van der Waals surface area (Å²) in [5.74, 6) is 1.84. The maximum absolute atomic E-state index is 5.72. The van der Waals surface area contributed by atoms with Crippen LogP contribution in [0, 0.1) is 11.8 Å². The van der Waals surface area contributed by atoms with Gasteiger partial charge in [-0.1, -0.05) is 19.1 Å². The molecule has 3 heteroatoms. The lowest BCUT2D eigenvalue weighted by Gasteiger charge is -2.21. The number of ether oxygens (including phenoxy) is 1. The number of nitrogens with two attached hydrogens (primary N) is 2. The van der Waals surface area contributed by atoms with E-state index in [9.17, 15) is 0 Å². The summed E-state index contributed by atoms with van der Waals surface area (Å²) in [7, 11) is 0. The van der Waals surface area contributed by atoms with Crippen LogP contribution in [0.4, 0.5) is 0 Å². The second-order valence-electron chi connectivity index (χ2n) is 5.22. The Balaban J connectivity index is 2.57. The summed E-state index contributed by atoms with van der Waals surface area (Å²) in [6.07, 6.45) is 1.23. The molecule has 0 aliphatic heterocycles. The van der Waals surface area contributed by atoms with Gasteiger partial charge in [-0.3, -0.25) is 0 Å². The number of hydrogen-bond donors (Lipinski definition) is 2.